The predicted octanol–water partition coefficient (Wildman–Crippen LogP) is 4.52. The first-order chi connectivity index (χ1) is 12.6. The van der Waals surface area contributed by atoms with E-state index in [4.69, 9.17) is 16.3 Å². The molecule has 0 saturated heterocycles. The van der Waals surface area contributed by atoms with Crippen molar-refractivity contribution >= 4 is 29.1 Å². The number of hydrogen-bond acceptors (Lipinski definition) is 3. The van der Waals surface area contributed by atoms with Crippen LogP contribution in [0.4, 0.5) is 5.69 Å². The molecule has 0 aliphatic carbocycles. The van der Waals surface area contributed by atoms with Crippen molar-refractivity contribution in [1.29, 1.82) is 0 Å². The topological polar surface area (TPSA) is 67.4 Å². The van der Waals surface area contributed by atoms with E-state index in [2.05, 4.69) is 17.6 Å². The van der Waals surface area contributed by atoms with Gasteiger partial charge in [-0.15, -0.1) is 0 Å². The fourth-order valence-corrected chi connectivity index (χ4v) is 2.61. The Bertz CT molecular complexity index is 777. The highest BCUT2D eigenvalue weighted by molar-refractivity contribution is 6.32. The normalized spacial score (nSPS) is 10.3. The Morgan fingerprint density at radius 1 is 1.08 bits per heavy atom. The molecular weight excluding hydrogens is 352 g/mol. The smallest absolute Gasteiger partial charge is 0.255 e. The predicted molar refractivity (Wildman–Crippen MR) is 104 cm³/mol. The summed E-state index contributed by atoms with van der Waals surface area (Å²) in [5.41, 5.74) is 1.27. The molecule has 0 spiro atoms. The largest absolute Gasteiger partial charge is 0.492 e. The zero-order valence-corrected chi connectivity index (χ0v) is 15.7. The number of carbonyl (C=O) groups is 2. The highest BCUT2D eigenvalue weighted by Gasteiger charge is 2.15. The fourth-order valence-electron chi connectivity index (χ4n) is 2.37. The van der Waals surface area contributed by atoms with Crippen LogP contribution in [-0.4, -0.2) is 25.0 Å². The lowest BCUT2D eigenvalue weighted by Gasteiger charge is -2.12. The minimum absolute atomic E-state index is 0.209. The second-order valence-electron chi connectivity index (χ2n) is 5.69. The van der Waals surface area contributed by atoms with Gasteiger partial charge < -0.3 is 15.4 Å². The first-order valence-electron chi connectivity index (χ1n) is 8.67. The number of benzene rings is 2. The summed E-state index contributed by atoms with van der Waals surface area (Å²) in [5, 5.41) is 6.00. The molecule has 0 aliphatic rings. The molecular formula is C20H23ClN2O3. The first-order valence-corrected chi connectivity index (χ1v) is 9.05. The van der Waals surface area contributed by atoms with Crippen molar-refractivity contribution in [2.75, 3.05) is 18.5 Å². The van der Waals surface area contributed by atoms with Gasteiger partial charge >= 0.3 is 0 Å². The third-order valence-electron chi connectivity index (χ3n) is 3.73. The maximum atomic E-state index is 12.5. The Kier molecular flexibility index (Phi) is 7.48. The summed E-state index contributed by atoms with van der Waals surface area (Å²) in [6, 6.07) is 11.7. The molecule has 0 aromatic heterocycles. The molecule has 0 saturated carbocycles. The van der Waals surface area contributed by atoms with Crippen LogP contribution in [0.1, 0.15) is 47.4 Å². The van der Waals surface area contributed by atoms with Gasteiger partial charge in [-0.1, -0.05) is 37.1 Å². The fraction of sp³-hybridized carbons (Fsp3) is 0.300. The molecule has 138 valence electrons. The zero-order valence-electron chi connectivity index (χ0n) is 15.0. The molecule has 2 N–H and O–H groups in total. The van der Waals surface area contributed by atoms with Crippen LogP contribution in [0.5, 0.6) is 5.75 Å². The highest BCUT2D eigenvalue weighted by atomic mass is 35.5. The van der Waals surface area contributed by atoms with E-state index in [1.165, 1.54) is 0 Å². The Labute approximate surface area is 158 Å². The van der Waals surface area contributed by atoms with Crippen LogP contribution < -0.4 is 15.4 Å². The molecule has 0 radical (unpaired) electrons. The van der Waals surface area contributed by atoms with E-state index >= 15 is 0 Å². The number of amides is 2. The molecule has 6 heteroatoms. The molecule has 2 aromatic carbocycles. The molecule has 0 aliphatic heterocycles. The van der Waals surface area contributed by atoms with Crippen molar-refractivity contribution in [3.05, 3.63) is 58.6 Å². The summed E-state index contributed by atoms with van der Waals surface area (Å²) in [4.78, 5) is 24.9. The van der Waals surface area contributed by atoms with Crippen molar-refractivity contribution < 1.29 is 14.3 Å². The number of ether oxygens (including phenoxy) is 1. The van der Waals surface area contributed by atoms with E-state index < -0.39 is 0 Å². The number of carbonyl (C=O) groups excluding carboxylic acids is 2. The summed E-state index contributed by atoms with van der Waals surface area (Å²) in [6.45, 7) is 5.01. The van der Waals surface area contributed by atoms with E-state index in [0.29, 0.717) is 40.7 Å². The van der Waals surface area contributed by atoms with Gasteiger partial charge in [0.05, 0.1) is 22.9 Å². The van der Waals surface area contributed by atoms with Crippen LogP contribution in [0.15, 0.2) is 42.5 Å². The van der Waals surface area contributed by atoms with Gasteiger partial charge in [0.2, 0.25) is 0 Å². The Balaban J connectivity index is 2.14. The van der Waals surface area contributed by atoms with Crippen molar-refractivity contribution in [2.45, 2.75) is 26.7 Å². The number of rotatable bonds is 8. The summed E-state index contributed by atoms with van der Waals surface area (Å²) in [6.07, 6.45) is 1.90. The van der Waals surface area contributed by atoms with Gasteiger partial charge in [0.15, 0.2) is 0 Å². The van der Waals surface area contributed by atoms with Crippen molar-refractivity contribution in [3.8, 4) is 5.75 Å². The maximum absolute atomic E-state index is 12.5. The van der Waals surface area contributed by atoms with Gasteiger partial charge in [0.1, 0.15) is 5.75 Å². The number of anilines is 1. The monoisotopic (exact) mass is 374 g/mol. The Morgan fingerprint density at radius 2 is 1.85 bits per heavy atom. The summed E-state index contributed by atoms with van der Waals surface area (Å²) in [5.74, 6) is -0.0238. The van der Waals surface area contributed by atoms with E-state index in [1.807, 2.05) is 6.92 Å². The molecule has 0 atom stereocenters. The van der Waals surface area contributed by atoms with Crippen LogP contribution in [-0.2, 0) is 0 Å². The zero-order chi connectivity index (χ0) is 18.9. The average Bonchev–Trinajstić information content (AvgIpc) is 2.64. The van der Waals surface area contributed by atoms with Crippen molar-refractivity contribution in [2.24, 2.45) is 0 Å². The summed E-state index contributed by atoms with van der Waals surface area (Å²) >= 11 is 6.14. The molecule has 0 bridgehead atoms. The minimum Gasteiger partial charge on any atom is -0.492 e. The third-order valence-corrected chi connectivity index (χ3v) is 4.03. The lowest BCUT2D eigenvalue weighted by atomic mass is 10.1. The number of halogens is 1. The number of unbranched alkanes of at least 4 members (excludes halogenated alkanes) is 1. The van der Waals surface area contributed by atoms with Gasteiger partial charge in [-0.25, -0.2) is 0 Å². The highest BCUT2D eigenvalue weighted by Crippen LogP contribution is 2.26. The molecule has 2 aromatic rings. The maximum Gasteiger partial charge on any atom is 0.255 e. The van der Waals surface area contributed by atoms with Crippen LogP contribution in [0.2, 0.25) is 5.02 Å². The van der Waals surface area contributed by atoms with Crippen LogP contribution in [0, 0.1) is 0 Å². The van der Waals surface area contributed by atoms with Gasteiger partial charge in [0, 0.05) is 12.1 Å². The summed E-state index contributed by atoms with van der Waals surface area (Å²) in [7, 11) is 0. The molecule has 0 fully saturated rings. The average molecular weight is 375 g/mol. The molecule has 2 amide bonds. The number of nitrogens with one attached hydrogen (secondary N) is 2. The quantitative estimate of drug-likeness (QED) is 0.667. The van der Waals surface area contributed by atoms with Gasteiger partial charge in [-0.3, -0.25) is 9.59 Å². The second-order valence-corrected chi connectivity index (χ2v) is 6.09. The molecule has 26 heavy (non-hydrogen) atoms. The van der Waals surface area contributed by atoms with E-state index in [9.17, 15) is 9.59 Å². The Morgan fingerprint density at radius 3 is 2.54 bits per heavy atom. The van der Waals surface area contributed by atoms with Gasteiger partial charge in [-0.2, -0.15) is 0 Å². The molecule has 0 unspecified atom stereocenters. The minimum atomic E-state index is -0.344. The van der Waals surface area contributed by atoms with Crippen molar-refractivity contribution in [1.82, 2.24) is 5.32 Å². The first kappa shape index (κ1) is 19.8. The standard InChI is InChI=1S/C20H23ClN2O3/c1-3-5-12-22-20(25)15-8-6-7-9-17(15)23-19(24)14-10-11-18(26-4-2)16(21)13-14/h6-11,13H,3-5,12H2,1-2H3,(H,22,25)(H,23,24). The van der Waals surface area contributed by atoms with Crippen LogP contribution in [0.25, 0.3) is 0 Å². The lowest BCUT2D eigenvalue weighted by Crippen LogP contribution is -2.26. The second kappa shape index (κ2) is 9.82. The lowest BCUT2D eigenvalue weighted by molar-refractivity contribution is 0.0954. The molecule has 0 heterocycles. The number of para-hydroxylation sites is 1. The van der Waals surface area contributed by atoms with E-state index in [-0.39, 0.29) is 11.8 Å². The molecule has 5 nitrogen and oxygen atoms in total. The molecule has 2 rings (SSSR count). The third kappa shape index (κ3) is 5.23. The Hall–Kier alpha value is -2.53. The van der Waals surface area contributed by atoms with Gasteiger partial charge in [0.25, 0.3) is 11.8 Å². The number of hydrogen-bond donors (Lipinski definition) is 2. The van der Waals surface area contributed by atoms with E-state index in [1.54, 1.807) is 42.5 Å². The van der Waals surface area contributed by atoms with Crippen molar-refractivity contribution in [3.63, 3.8) is 0 Å². The van der Waals surface area contributed by atoms with Gasteiger partial charge in [-0.05, 0) is 43.7 Å². The van der Waals surface area contributed by atoms with Crippen LogP contribution in [0.3, 0.4) is 0 Å². The van der Waals surface area contributed by atoms with Crippen LogP contribution >= 0.6 is 11.6 Å². The summed E-state index contributed by atoms with van der Waals surface area (Å²) < 4.78 is 5.37. The van der Waals surface area contributed by atoms with E-state index in [0.717, 1.165) is 12.8 Å². The SMILES string of the molecule is CCCCNC(=O)c1ccccc1NC(=O)c1ccc(OCC)c(Cl)c1.